The average molecular weight is 384 g/mol. The highest BCUT2D eigenvalue weighted by atomic mass is 32.2. The molecule has 0 aliphatic rings. The smallest absolute Gasteiger partial charge is 0.229 e. The molecule has 0 aromatic heterocycles. The third-order valence-electron chi connectivity index (χ3n) is 3.08. The molecular weight excluding hydrogens is 366 g/mol. The van der Waals surface area contributed by atoms with Crippen LogP contribution in [0, 0.1) is 11.6 Å². The number of anilines is 1. The molecule has 0 saturated heterocycles. The van der Waals surface area contributed by atoms with Crippen LogP contribution in [0.3, 0.4) is 0 Å². The van der Waals surface area contributed by atoms with Gasteiger partial charge in [-0.25, -0.2) is 17.2 Å². The molecule has 140 valence electrons. The topological polar surface area (TPSA) is 76.7 Å². The second-order valence-corrected chi connectivity index (χ2v) is 7.02. The van der Waals surface area contributed by atoms with Crippen molar-refractivity contribution in [1.29, 1.82) is 0 Å². The minimum absolute atomic E-state index is 0.0119. The lowest BCUT2D eigenvalue weighted by Gasteiger charge is -2.15. The number of hydroxylamine groups is 1. The molecule has 0 fully saturated rings. The normalized spacial score (nSPS) is 11.1. The van der Waals surface area contributed by atoms with Gasteiger partial charge in [0, 0.05) is 11.6 Å². The molecule has 0 aliphatic heterocycles. The molecule has 26 heavy (non-hydrogen) atoms. The monoisotopic (exact) mass is 384 g/mol. The van der Waals surface area contributed by atoms with Gasteiger partial charge in [-0.15, -0.1) is 0 Å². The van der Waals surface area contributed by atoms with Crippen molar-refractivity contribution < 1.29 is 26.8 Å². The number of sulfonamides is 1. The fourth-order valence-electron chi connectivity index (χ4n) is 1.97. The van der Waals surface area contributed by atoms with Gasteiger partial charge in [-0.1, -0.05) is 12.6 Å². The molecule has 0 saturated carbocycles. The summed E-state index contributed by atoms with van der Waals surface area (Å²) in [5.74, 6) is -1.93. The van der Waals surface area contributed by atoms with E-state index in [4.69, 9.17) is 9.57 Å². The highest BCUT2D eigenvalue weighted by Gasteiger charge is 2.14. The summed E-state index contributed by atoms with van der Waals surface area (Å²) < 4.78 is 57.7. The summed E-state index contributed by atoms with van der Waals surface area (Å²) in [6.45, 7) is 5.97. The molecule has 0 radical (unpaired) electrons. The van der Waals surface area contributed by atoms with Gasteiger partial charge in [-0.3, -0.25) is 15.0 Å². The molecule has 0 bridgehead atoms. The Morgan fingerprint density at radius 1 is 1.15 bits per heavy atom. The van der Waals surface area contributed by atoms with Crippen LogP contribution in [0.5, 0.6) is 11.5 Å². The van der Waals surface area contributed by atoms with Crippen LogP contribution in [0.15, 0.2) is 43.0 Å². The van der Waals surface area contributed by atoms with Crippen LogP contribution in [0.25, 0.3) is 5.70 Å². The molecule has 0 spiro atoms. The van der Waals surface area contributed by atoms with Gasteiger partial charge < -0.3 is 4.74 Å². The SMILES string of the molecule is C=C(NOCC)c1ccc(NS(C)(=O)=O)c(Oc2ccc(F)cc2F)c1. The van der Waals surface area contributed by atoms with Gasteiger partial charge >= 0.3 is 0 Å². The summed E-state index contributed by atoms with van der Waals surface area (Å²) in [7, 11) is -3.60. The summed E-state index contributed by atoms with van der Waals surface area (Å²) in [5.41, 5.74) is 3.62. The first kappa shape index (κ1) is 19.7. The molecule has 0 unspecified atom stereocenters. The lowest BCUT2D eigenvalue weighted by atomic mass is 10.1. The molecule has 0 heterocycles. The third-order valence-corrected chi connectivity index (χ3v) is 3.67. The van der Waals surface area contributed by atoms with Gasteiger partial charge in [0.2, 0.25) is 10.0 Å². The van der Waals surface area contributed by atoms with Crippen molar-refractivity contribution in [3.63, 3.8) is 0 Å². The number of rotatable bonds is 8. The Balaban J connectivity index is 2.42. The Hall–Kier alpha value is -2.65. The molecular formula is C17H18F2N2O4S. The molecule has 2 N–H and O–H groups in total. The second kappa shape index (κ2) is 8.15. The number of halogens is 2. The highest BCUT2D eigenvalue weighted by Crippen LogP contribution is 2.34. The minimum Gasteiger partial charge on any atom is -0.452 e. The van der Waals surface area contributed by atoms with Gasteiger partial charge in [-0.05, 0) is 31.2 Å². The average Bonchev–Trinajstić information content (AvgIpc) is 2.55. The summed E-state index contributed by atoms with van der Waals surface area (Å²) in [5, 5.41) is 0. The van der Waals surface area contributed by atoms with Crippen LogP contribution < -0.4 is 14.9 Å². The first-order valence-electron chi connectivity index (χ1n) is 7.51. The van der Waals surface area contributed by atoms with Crippen LogP contribution >= 0.6 is 0 Å². The number of hydrogen-bond acceptors (Lipinski definition) is 5. The van der Waals surface area contributed by atoms with E-state index in [0.717, 1.165) is 18.4 Å². The van der Waals surface area contributed by atoms with Gasteiger partial charge in [0.05, 0.1) is 24.2 Å². The molecule has 0 atom stereocenters. The van der Waals surface area contributed by atoms with Crippen molar-refractivity contribution in [2.24, 2.45) is 0 Å². The molecule has 6 nitrogen and oxygen atoms in total. The van der Waals surface area contributed by atoms with E-state index in [1.54, 1.807) is 13.0 Å². The lowest BCUT2D eigenvalue weighted by Crippen LogP contribution is -2.13. The molecule has 0 aliphatic carbocycles. The van der Waals surface area contributed by atoms with E-state index >= 15 is 0 Å². The summed E-state index contributed by atoms with van der Waals surface area (Å²) in [4.78, 5) is 5.05. The molecule has 0 amide bonds. The first-order valence-corrected chi connectivity index (χ1v) is 9.40. The summed E-state index contributed by atoms with van der Waals surface area (Å²) in [6, 6.07) is 7.27. The number of ether oxygens (including phenoxy) is 1. The zero-order chi connectivity index (χ0) is 19.3. The third kappa shape index (κ3) is 5.43. The second-order valence-electron chi connectivity index (χ2n) is 5.28. The van der Waals surface area contributed by atoms with Crippen molar-refractivity contribution in [2.75, 3.05) is 17.6 Å². The van der Waals surface area contributed by atoms with Crippen LogP contribution in [0.2, 0.25) is 0 Å². The summed E-state index contributed by atoms with van der Waals surface area (Å²) in [6.07, 6.45) is 0.971. The molecule has 2 aromatic rings. The van der Waals surface area contributed by atoms with Crippen LogP contribution in [0.4, 0.5) is 14.5 Å². The van der Waals surface area contributed by atoms with Gasteiger partial charge in [0.25, 0.3) is 0 Å². The zero-order valence-corrected chi connectivity index (χ0v) is 15.0. The van der Waals surface area contributed by atoms with Crippen LogP contribution in [0.1, 0.15) is 12.5 Å². The van der Waals surface area contributed by atoms with Gasteiger partial charge in [0.15, 0.2) is 17.3 Å². The minimum atomic E-state index is -3.60. The molecule has 2 aromatic carbocycles. The maximum Gasteiger partial charge on any atom is 0.229 e. The van der Waals surface area contributed by atoms with E-state index in [1.165, 1.54) is 12.1 Å². The van der Waals surface area contributed by atoms with Crippen molar-refractivity contribution in [3.05, 3.63) is 60.2 Å². The fraction of sp³-hybridized carbons (Fsp3) is 0.176. The number of nitrogens with one attached hydrogen (secondary N) is 2. The van der Waals surface area contributed by atoms with Crippen molar-refractivity contribution >= 4 is 21.4 Å². The standard InChI is InChI=1S/C17H18F2N2O4S/c1-4-24-20-11(2)12-5-7-15(21-26(3,22)23)17(9-12)25-16-8-6-13(18)10-14(16)19/h5-10,20-21H,2,4H2,1,3H3. The highest BCUT2D eigenvalue weighted by molar-refractivity contribution is 7.92. The quantitative estimate of drug-likeness (QED) is 0.680. The maximum atomic E-state index is 13.9. The number of benzene rings is 2. The summed E-state index contributed by atoms with van der Waals surface area (Å²) >= 11 is 0. The zero-order valence-electron chi connectivity index (χ0n) is 14.2. The Morgan fingerprint density at radius 2 is 1.88 bits per heavy atom. The van der Waals surface area contributed by atoms with Gasteiger partial charge in [0.1, 0.15) is 5.82 Å². The Kier molecular flexibility index (Phi) is 6.17. The van der Waals surface area contributed by atoms with Crippen LogP contribution in [-0.4, -0.2) is 21.3 Å². The fourth-order valence-corrected chi connectivity index (χ4v) is 2.54. The lowest BCUT2D eigenvalue weighted by molar-refractivity contribution is 0.0901. The number of hydrogen-bond donors (Lipinski definition) is 2. The largest absolute Gasteiger partial charge is 0.452 e. The maximum absolute atomic E-state index is 13.9. The van der Waals surface area contributed by atoms with Crippen molar-refractivity contribution in [1.82, 2.24) is 5.48 Å². The van der Waals surface area contributed by atoms with Crippen molar-refractivity contribution in [2.45, 2.75) is 6.92 Å². The van der Waals surface area contributed by atoms with Crippen LogP contribution in [-0.2, 0) is 14.9 Å². The van der Waals surface area contributed by atoms with E-state index < -0.39 is 21.7 Å². The van der Waals surface area contributed by atoms with Gasteiger partial charge in [-0.2, -0.15) is 0 Å². The van der Waals surface area contributed by atoms with Crippen molar-refractivity contribution in [3.8, 4) is 11.5 Å². The Labute approximate surface area is 150 Å². The predicted molar refractivity (Wildman–Crippen MR) is 95.1 cm³/mol. The van der Waals surface area contributed by atoms with E-state index in [0.29, 0.717) is 23.9 Å². The first-order chi connectivity index (χ1) is 12.2. The van der Waals surface area contributed by atoms with E-state index in [-0.39, 0.29) is 17.2 Å². The molecule has 9 heteroatoms. The Morgan fingerprint density at radius 3 is 2.50 bits per heavy atom. The predicted octanol–water partition coefficient (Wildman–Crippen LogP) is 3.64. The Bertz CT molecular complexity index is 917. The van der Waals surface area contributed by atoms with E-state index in [9.17, 15) is 17.2 Å². The van der Waals surface area contributed by atoms with E-state index in [2.05, 4.69) is 16.8 Å². The molecule has 2 rings (SSSR count). The van der Waals surface area contributed by atoms with E-state index in [1.807, 2.05) is 0 Å².